The molecule has 4 rings (SSSR count). The fraction of sp³-hybridized carbons (Fsp3) is 0.143. The minimum Gasteiger partial charge on any atom is -0.326 e. The van der Waals surface area contributed by atoms with Gasteiger partial charge in [-0.3, -0.25) is 9.78 Å². The highest BCUT2D eigenvalue weighted by Gasteiger charge is 2.35. The van der Waals surface area contributed by atoms with Crippen LogP contribution >= 0.6 is 23.2 Å². The maximum atomic E-state index is 13.3. The molecule has 2 heterocycles. The highest BCUT2D eigenvalue weighted by Crippen LogP contribution is 2.40. The van der Waals surface area contributed by atoms with Crippen LogP contribution in [0.15, 0.2) is 48.5 Å². The Bertz CT molecular complexity index is 1050. The van der Waals surface area contributed by atoms with Gasteiger partial charge in [-0.05, 0) is 36.8 Å². The number of benzene rings is 2. The van der Waals surface area contributed by atoms with Crippen molar-refractivity contribution in [3.63, 3.8) is 0 Å². The zero-order valence-corrected chi connectivity index (χ0v) is 16.2. The molecule has 2 aromatic carbocycles. The van der Waals surface area contributed by atoms with Crippen LogP contribution in [0.2, 0.25) is 10.0 Å². The molecule has 0 bridgehead atoms. The van der Waals surface area contributed by atoms with Crippen molar-refractivity contribution in [1.82, 2.24) is 4.98 Å². The van der Waals surface area contributed by atoms with Crippen LogP contribution in [0.5, 0.6) is 0 Å². The van der Waals surface area contributed by atoms with Crippen LogP contribution in [0.4, 0.5) is 5.69 Å². The molecule has 0 spiro atoms. The van der Waals surface area contributed by atoms with E-state index in [1.165, 1.54) is 0 Å². The summed E-state index contributed by atoms with van der Waals surface area (Å²) in [5.74, 6) is -0.0978. The van der Waals surface area contributed by atoms with Crippen molar-refractivity contribution in [2.45, 2.75) is 20.0 Å². The van der Waals surface area contributed by atoms with Gasteiger partial charge in [0.1, 0.15) is 0 Å². The second-order valence-corrected chi connectivity index (χ2v) is 7.27. The van der Waals surface area contributed by atoms with Gasteiger partial charge in [0.05, 0.1) is 17.8 Å². The normalized spacial score (nSPS) is 13.2. The molecule has 1 aliphatic rings. The van der Waals surface area contributed by atoms with Crippen LogP contribution in [0, 0.1) is 6.92 Å². The van der Waals surface area contributed by atoms with E-state index in [2.05, 4.69) is 4.98 Å². The lowest BCUT2D eigenvalue weighted by molar-refractivity contribution is 0.0997. The lowest BCUT2D eigenvalue weighted by atomic mass is 9.93. The molecule has 0 saturated heterocycles. The molecule has 0 atom stereocenters. The van der Waals surface area contributed by atoms with E-state index in [4.69, 9.17) is 28.9 Å². The van der Waals surface area contributed by atoms with Crippen LogP contribution in [0.1, 0.15) is 27.3 Å². The Labute approximate surface area is 167 Å². The van der Waals surface area contributed by atoms with Gasteiger partial charge in [0.2, 0.25) is 0 Å². The lowest BCUT2D eigenvalue weighted by Gasteiger charge is -2.17. The molecule has 1 amide bonds. The Morgan fingerprint density at radius 2 is 1.85 bits per heavy atom. The van der Waals surface area contributed by atoms with Crippen molar-refractivity contribution in [3.8, 4) is 11.1 Å². The van der Waals surface area contributed by atoms with Gasteiger partial charge in [0.25, 0.3) is 5.91 Å². The third kappa shape index (κ3) is 3.00. The Hall–Kier alpha value is -2.40. The Kier molecular flexibility index (Phi) is 4.64. The van der Waals surface area contributed by atoms with Crippen LogP contribution in [0.25, 0.3) is 11.1 Å². The Balaban J connectivity index is 1.95. The molecule has 1 aliphatic heterocycles. The van der Waals surface area contributed by atoms with Gasteiger partial charge in [-0.1, -0.05) is 47.5 Å². The molecule has 0 fully saturated rings. The quantitative estimate of drug-likeness (QED) is 0.677. The summed E-state index contributed by atoms with van der Waals surface area (Å²) >= 11 is 12.5. The molecule has 2 N–H and O–H groups in total. The van der Waals surface area contributed by atoms with Crippen molar-refractivity contribution in [2.75, 3.05) is 4.90 Å². The number of halogens is 2. The summed E-state index contributed by atoms with van der Waals surface area (Å²) in [6, 6.07) is 14.8. The lowest BCUT2D eigenvalue weighted by Crippen LogP contribution is -2.23. The molecule has 136 valence electrons. The number of hydrogen-bond acceptors (Lipinski definition) is 3. The fourth-order valence-corrected chi connectivity index (χ4v) is 4.06. The number of hydrogen-bond donors (Lipinski definition) is 1. The van der Waals surface area contributed by atoms with Crippen molar-refractivity contribution >= 4 is 34.8 Å². The van der Waals surface area contributed by atoms with Crippen molar-refractivity contribution in [3.05, 3.63) is 81.1 Å². The van der Waals surface area contributed by atoms with E-state index in [0.717, 1.165) is 33.8 Å². The van der Waals surface area contributed by atoms with E-state index in [-0.39, 0.29) is 12.5 Å². The molecule has 1 aromatic heterocycles. The molecular weight excluding hydrogens is 381 g/mol. The zero-order valence-electron chi connectivity index (χ0n) is 14.7. The summed E-state index contributed by atoms with van der Waals surface area (Å²) in [6.45, 7) is 2.59. The third-order valence-corrected chi connectivity index (χ3v) is 5.37. The molecule has 0 unspecified atom stereocenters. The van der Waals surface area contributed by atoms with E-state index in [1.807, 2.05) is 43.3 Å². The molecule has 0 saturated carbocycles. The number of para-hydroxylation sites is 1. The molecule has 0 aliphatic carbocycles. The average molecular weight is 398 g/mol. The van der Waals surface area contributed by atoms with Gasteiger partial charge in [-0.15, -0.1) is 0 Å². The number of fused-ring (bicyclic) bond motifs is 1. The van der Waals surface area contributed by atoms with E-state index in [9.17, 15) is 4.79 Å². The number of anilines is 1. The molecule has 6 heteroatoms. The van der Waals surface area contributed by atoms with Gasteiger partial charge < -0.3 is 10.6 Å². The van der Waals surface area contributed by atoms with Crippen LogP contribution < -0.4 is 10.6 Å². The number of pyridine rings is 1. The predicted molar refractivity (Wildman–Crippen MR) is 109 cm³/mol. The van der Waals surface area contributed by atoms with Gasteiger partial charge >= 0.3 is 0 Å². The number of carbonyl (C=O) groups excluding carboxylic acids is 1. The highest BCUT2D eigenvalue weighted by molar-refractivity contribution is 6.36. The average Bonchev–Trinajstić information content (AvgIpc) is 2.98. The number of nitrogens with two attached hydrogens (primary N) is 1. The van der Waals surface area contributed by atoms with Crippen LogP contribution in [0.3, 0.4) is 0 Å². The van der Waals surface area contributed by atoms with Gasteiger partial charge in [-0.2, -0.15) is 0 Å². The maximum Gasteiger partial charge on any atom is 0.261 e. The maximum absolute atomic E-state index is 13.3. The number of aryl methyl sites for hydroxylation is 1. The molecule has 27 heavy (non-hydrogen) atoms. The van der Waals surface area contributed by atoms with Gasteiger partial charge in [-0.25, -0.2) is 0 Å². The SMILES string of the molecule is Cc1nc2c(c(-c3ccc(Cl)cc3Cl)c1CN)C(=O)N(c1ccccc1)C2. The van der Waals surface area contributed by atoms with Crippen molar-refractivity contribution in [1.29, 1.82) is 0 Å². The predicted octanol–water partition coefficient (Wildman–Crippen LogP) is 4.98. The molecular formula is C21H17Cl2N3O. The molecule has 4 nitrogen and oxygen atoms in total. The van der Waals surface area contributed by atoms with Gasteiger partial charge in [0.15, 0.2) is 0 Å². The van der Waals surface area contributed by atoms with Crippen molar-refractivity contribution < 1.29 is 4.79 Å². The first-order valence-corrected chi connectivity index (χ1v) is 9.31. The Morgan fingerprint density at radius 1 is 1.11 bits per heavy atom. The fourth-order valence-electron chi connectivity index (χ4n) is 3.56. The first-order chi connectivity index (χ1) is 13.0. The zero-order chi connectivity index (χ0) is 19.1. The number of aromatic nitrogens is 1. The van der Waals surface area contributed by atoms with Crippen LogP contribution in [-0.2, 0) is 13.1 Å². The van der Waals surface area contributed by atoms with E-state index in [0.29, 0.717) is 22.2 Å². The summed E-state index contributed by atoms with van der Waals surface area (Å²) in [5.41, 5.74) is 11.3. The Morgan fingerprint density at radius 3 is 2.52 bits per heavy atom. The minimum atomic E-state index is -0.0978. The van der Waals surface area contributed by atoms with E-state index in [1.54, 1.807) is 17.0 Å². The largest absolute Gasteiger partial charge is 0.326 e. The summed E-state index contributed by atoms with van der Waals surface area (Å²) in [6.07, 6.45) is 0. The second-order valence-electron chi connectivity index (χ2n) is 6.43. The number of carbonyl (C=O) groups is 1. The topological polar surface area (TPSA) is 59.2 Å². The van der Waals surface area contributed by atoms with Crippen molar-refractivity contribution in [2.24, 2.45) is 5.73 Å². The summed E-state index contributed by atoms with van der Waals surface area (Å²) in [5, 5.41) is 1.02. The minimum absolute atomic E-state index is 0.0978. The number of amides is 1. The highest BCUT2D eigenvalue weighted by atomic mass is 35.5. The molecule has 0 radical (unpaired) electrons. The monoisotopic (exact) mass is 397 g/mol. The first-order valence-electron chi connectivity index (χ1n) is 8.56. The smallest absolute Gasteiger partial charge is 0.261 e. The van der Waals surface area contributed by atoms with E-state index < -0.39 is 0 Å². The number of rotatable bonds is 3. The second kappa shape index (κ2) is 6.97. The summed E-state index contributed by atoms with van der Waals surface area (Å²) < 4.78 is 0. The summed E-state index contributed by atoms with van der Waals surface area (Å²) in [4.78, 5) is 19.7. The summed E-state index contributed by atoms with van der Waals surface area (Å²) in [7, 11) is 0. The third-order valence-electron chi connectivity index (χ3n) is 4.82. The molecule has 3 aromatic rings. The number of nitrogens with zero attached hydrogens (tertiary/aromatic N) is 2. The standard InChI is InChI=1S/C21H17Cl2N3O/c1-12-16(10-24)19(15-8-7-13(22)9-17(15)23)20-18(25-12)11-26(21(20)27)14-5-3-2-4-6-14/h2-9H,10-11,24H2,1H3. The van der Waals surface area contributed by atoms with E-state index >= 15 is 0 Å². The van der Waals surface area contributed by atoms with Gasteiger partial charge in [0, 0.05) is 39.1 Å². The first kappa shape index (κ1) is 18.0. The van der Waals surface area contributed by atoms with Crippen LogP contribution in [-0.4, -0.2) is 10.9 Å².